The van der Waals surface area contributed by atoms with Gasteiger partial charge < -0.3 is 5.32 Å². The Bertz CT molecular complexity index is 354. The third-order valence-electron chi connectivity index (χ3n) is 3.98. The summed E-state index contributed by atoms with van der Waals surface area (Å²) in [7, 11) is 0. The second-order valence-electron chi connectivity index (χ2n) is 5.42. The van der Waals surface area contributed by atoms with Crippen LogP contribution in [0.4, 0.5) is 4.39 Å². The molecule has 0 spiro atoms. The number of rotatable bonds is 3. The Morgan fingerprint density at radius 3 is 2.59 bits per heavy atom. The Hall–Kier alpha value is -0.890. The predicted molar refractivity (Wildman–Crippen MR) is 69.2 cm³/mol. The first-order valence-corrected chi connectivity index (χ1v) is 6.64. The SMILES string of the molecule is CC1CCCC(C)C1NCc1cccc(F)c1. The average molecular weight is 235 g/mol. The summed E-state index contributed by atoms with van der Waals surface area (Å²) < 4.78 is 13.1. The molecule has 0 radical (unpaired) electrons. The van der Waals surface area contributed by atoms with Crippen LogP contribution in [-0.4, -0.2) is 6.04 Å². The maximum absolute atomic E-state index is 13.1. The molecular formula is C15H22FN. The molecule has 0 bridgehead atoms. The molecule has 0 amide bonds. The van der Waals surface area contributed by atoms with Crippen molar-refractivity contribution in [2.24, 2.45) is 11.8 Å². The van der Waals surface area contributed by atoms with E-state index in [0.717, 1.165) is 23.9 Å². The van der Waals surface area contributed by atoms with Crippen molar-refractivity contribution in [2.45, 2.75) is 45.7 Å². The Morgan fingerprint density at radius 1 is 1.24 bits per heavy atom. The number of hydrogen-bond acceptors (Lipinski definition) is 1. The molecule has 2 heteroatoms. The fraction of sp³-hybridized carbons (Fsp3) is 0.600. The Kier molecular flexibility index (Phi) is 4.16. The van der Waals surface area contributed by atoms with Crippen molar-refractivity contribution in [1.82, 2.24) is 5.32 Å². The van der Waals surface area contributed by atoms with Gasteiger partial charge in [-0.05, 0) is 42.4 Å². The van der Waals surface area contributed by atoms with Crippen LogP contribution in [0.2, 0.25) is 0 Å². The predicted octanol–water partition coefficient (Wildman–Crippen LogP) is 3.74. The van der Waals surface area contributed by atoms with Gasteiger partial charge in [-0.2, -0.15) is 0 Å². The lowest BCUT2D eigenvalue weighted by molar-refractivity contribution is 0.207. The molecule has 2 unspecified atom stereocenters. The van der Waals surface area contributed by atoms with Crippen molar-refractivity contribution in [3.63, 3.8) is 0 Å². The van der Waals surface area contributed by atoms with E-state index in [4.69, 9.17) is 0 Å². The van der Waals surface area contributed by atoms with E-state index >= 15 is 0 Å². The van der Waals surface area contributed by atoms with Crippen LogP contribution in [0.25, 0.3) is 0 Å². The van der Waals surface area contributed by atoms with Gasteiger partial charge in [-0.3, -0.25) is 0 Å². The van der Waals surface area contributed by atoms with Gasteiger partial charge in [-0.25, -0.2) is 4.39 Å². The van der Waals surface area contributed by atoms with Gasteiger partial charge >= 0.3 is 0 Å². The highest BCUT2D eigenvalue weighted by molar-refractivity contribution is 5.16. The highest BCUT2D eigenvalue weighted by Gasteiger charge is 2.26. The van der Waals surface area contributed by atoms with Crippen LogP contribution in [0.1, 0.15) is 38.7 Å². The lowest BCUT2D eigenvalue weighted by atomic mass is 9.78. The minimum atomic E-state index is -0.144. The largest absolute Gasteiger partial charge is 0.309 e. The van der Waals surface area contributed by atoms with E-state index in [1.165, 1.54) is 25.3 Å². The average Bonchev–Trinajstić information content (AvgIpc) is 2.28. The van der Waals surface area contributed by atoms with Crippen molar-refractivity contribution in [2.75, 3.05) is 0 Å². The standard InChI is InChI=1S/C15H22FN/c1-11-5-3-6-12(2)15(11)17-10-13-7-4-8-14(16)9-13/h4,7-9,11-12,15,17H,3,5-6,10H2,1-2H3. The van der Waals surface area contributed by atoms with E-state index in [2.05, 4.69) is 19.2 Å². The summed E-state index contributed by atoms with van der Waals surface area (Å²) in [4.78, 5) is 0. The monoisotopic (exact) mass is 235 g/mol. The lowest BCUT2D eigenvalue weighted by Crippen LogP contribution is -2.42. The second-order valence-corrected chi connectivity index (χ2v) is 5.42. The first-order chi connectivity index (χ1) is 8.16. The minimum absolute atomic E-state index is 0.144. The van der Waals surface area contributed by atoms with Gasteiger partial charge in [0.05, 0.1) is 0 Å². The second kappa shape index (κ2) is 5.63. The number of nitrogens with one attached hydrogen (secondary N) is 1. The van der Waals surface area contributed by atoms with E-state index in [1.54, 1.807) is 12.1 Å². The van der Waals surface area contributed by atoms with Crippen molar-refractivity contribution in [1.29, 1.82) is 0 Å². The fourth-order valence-electron chi connectivity index (χ4n) is 2.97. The highest BCUT2D eigenvalue weighted by atomic mass is 19.1. The zero-order valence-corrected chi connectivity index (χ0v) is 10.7. The third-order valence-corrected chi connectivity index (χ3v) is 3.98. The quantitative estimate of drug-likeness (QED) is 0.841. The normalized spacial score (nSPS) is 29.2. The molecule has 2 atom stereocenters. The van der Waals surface area contributed by atoms with Crippen molar-refractivity contribution >= 4 is 0 Å². The molecule has 1 aliphatic rings. The van der Waals surface area contributed by atoms with Crippen molar-refractivity contribution in [3.8, 4) is 0 Å². The van der Waals surface area contributed by atoms with Crippen molar-refractivity contribution in [3.05, 3.63) is 35.6 Å². The molecule has 2 rings (SSSR count). The number of benzene rings is 1. The molecule has 1 fully saturated rings. The fourth-order valence-corrected chi connectivity index (χ4v) is 2.97. The van der Waals surface area contributed by atoms with Gasteiger partial charge in [-0.1, -0.05) is 32.4 Å². The van der Waals surface area contributed by atoms with Crippen LogP contribution in [0.15, 0.2) is 24.3 Å². The lowest BCUT2D eigenvalue weighted by Gasteiger charge is -2.35. The maximum atomic E-state index is 13.1. The summed E-state index contributed by atoms with van der Waals surface area (Å²) in [5.74, 6) is 1.31. The maximum Gasteiger partial charge on any atom is 0.123 e. The summed E-state index contributed by atoms with van der Waals surface area (Å²) in [5, 5.41) is 3.60. The summed E-state index contributed by atoms with van der Waals surface area (Å²) >= 11 is 0. The van der Waals surface area contributed by atoms with Crippen LogP contribution in [-0.2, 0) is 6.54 Å². The Morgan fingerprint density at radius 2 is 1.94 bits per heavy atom. The molecule has 94 valence electrons. The van der Waals surface area contributed by atoms with Gasteiger partial charge in [0.15, 0.2) is 0 Å². The topological polar surface area (TPSA) is 12.0 Å². The smallest absolute Gasteiger partial charge is 0.123 e. The van der Waals surface area contributed by atoms with Crippen LogP contribution >= 0.6 is 0 Å². The molecule has 1 saturated carbocycles. The molecule has 0 heterocycles. The van der Waals surface area contributed by atoms with E-state index in [-0.39, 0.29) is 5.82 Å². The molecular weight excluding hydrogens is 213 g/mol. The molecule has 17 heavy (non-hydrogen) atoms. The molecule has 1 aromatic carbocycles. The molecule has 1 N–H and O–H groups in total. The van der Waals surface area contributed by atoms with E-state index in [9.17, 15) is 4.39 Å². The molecule has 1 aromatic rings. The summed E-state index contributed by atoms with van der Waals surface area (Å²) in [6.07, 6.45) is 3.97. The van der Waals surface area contributed by atoms with Crippen LogP contribution in [0, 0.1) is 17.7 Å². The minimum Gasteiger partial charge on any atom is -0.309 e. The summed E-state index contributed by atoms with van der Waals surface area (Å²) in [6, 6.07) is 7.45. The van der Waals surface area contributed by atoms with Crippen LogP contribution in [0.3, 0.4) is 0 Å². The summed E-state index contributed by atoms with van der Waals surface area (Å²) in [6.45, 7) is 5.41. The molecule has 1 nitrogen and oxygen atoms in total. The number of hydrogen-bond donors (Lipinski definition) is 1. The molecule has 1 aliphatic carbocycles. The Balaban J connectivity index is 1.92. The van der Waals surface area contributed by atoms with Crippen molar-refractivity contribution < 1.29 is 4.39 Å². The molecule has 0 saturated heterocycles. The van der Waals surface area contributed by atoms with E-state index in [1.807, 2.05) is 6.07 Å². The van der Waals surface area contributed by atoms with Gasteiger partial charge in [0, 0.05) is 12.6 Å². The first kappa shape index (κ1) is 12.6. The van der Waals surface area contributed by atoms with Crippen LogP contribution < -0.4 is 5.32 Å². The Labute approximate surface area is 103 Å². The summed E-state index contributed by atoms with van der Waals surface area (Å²) in [5.41, 5.74) is 1.04. The highest BCUT2D eigenvalue weighted by Crippen LogP contribution is 2.28. The third kappa shape index (κ3) is 3.29. The molecule has 0 aliphatic heterocycles. The van der Waals surface area contributed by atoms with Gasteiger partial charge in [0.25, 0.3) is 0 Å². The number of halogens is 1. The zero-order chi connectivity index (χ0) is 12.3. The van der Waals surface area contributed by atoms with Crippen LogP contribution in [0.5, 0.6) is 0 Å². The molecule has 0 aromatic heterocycles. The van der Waals surface area contributed by atoms with Gasteiger partial charge in [0.1, 0.15) is 5.82 Å². The zero-order valence-electron chi connectivity index (χ0n) is 10.7. The van der Waals surface area contributed by atoms with Gasteiger partial charge in [-0.15, -0.1) is 0 Å². The van der Waals surface area contributed by atoms with Gasteiger partial charge in [0.2, 0.25) is 0 Å². The van der Waals surface area contributed by atoms with E-state index in [0.29, 0.717) is 6.04 Å². The van der Waals surface area contributed by atoms with E-state index < -0.39 is 0 Å². The first-order valence-electron chi connectivity index (χ1n) is 6.64.